The number of H-pyrrole nitrogens is 1. The predicted octanol–water partition coefficient (Wildman–Crippen LogP) is -0.256. The second-order valence-electron chi connectivity index (χ2n) is 8.06. The lowest BCUT2D eigenvalue weighted by atomic mass is 10.0. The van der Waals surface area contributed by atoms with Gasteiger partial charge in [0.25, 0.3) is 0 Å². The monoisotopic (exact) mass is 536 g/mol. The Morgan fingerprint density at radius 2 is 1.64 bits per heavy atom. The van der Waals surface area contributed by atoms with Crippen LogP contribution in [0, 0.1) is 0 Å². The van der Waals surface area contributed by atoms with E-state index in [1.165, 1.54) is 24.3 Å². The van der Waals surface area contributed by atoms with Gasteiger partial charge in [0.2, 0.25) is 17.7 Å². The molecular weight excluding hydrogens is 504 g/mol. The molecule has 0 bridgehead atoms. The van der Waals surface area contributed by atoms with Crippen molar-refractivity contribution in [3.05, 3.63) is 54.1 Å². The fraction of sp³-hybridized carbons (Fsp3) is 0.435. The van der Waals surface area contributed by atoms with E-state index in [0.717, 1.165) is 5.56 Å². The van der Waals surface area contributed by atoms with Crippen LogP contribution in [0.3, 0.4) is 0 Å². The number of nitrogens with zero attached hydrogens (tertiary/aromatic N) is 1. The van der Waals surface area contributed by atoms with Crippen LogP contribution in [0.1, 0.15) is 17.7 Å². The van der Waals surface area contributed by atoms with E-state index < -0.39 is 47.9 Å². The number of carboxylic acid groups (broad SMARTS) is 1. The quantitative estimate of drug-likeness (QED) is 0.152. The van der Waals surface area contributed by atoms with Gasteiger partial charge < -0.3 is 31.8 Å². The molecule has 2 rings (SSSR count). The number of nitrogens with two attached hydrogens (primary N) is 1. The third kappa shape index (κ3) is 9.55. The van der Waals surface area contributed by atoms with E-state index >= 15 is 0 Å². The number of aromatic amines is 1. The summed E-state index contributed by atoms with van der Waals surface area (Å²) in [5.41, 5.74) is 7.12. The molecule has 0 saturated carbocycles. The second-order valence-corrected chi connectivity index (χ2v) is 9.41. The van der Waals surface area contributed by atoms with Crippen molar-refractivity contribution in [1.82, 2.24) is 25.9 Å². The number of thioether (sulfide) groups is 1. The maximum Gasteiger partial charge on any atom is 0.326 e. The zero-order valence-corrected chi connectivity index (χ0v) is 21.6. The van der Waals surface area contributed by atoms with Crippen molar-refractivity contribution in [3.63, 3.8) is 0 Å². The average molecular weight is 537 g/mol. The van der Waals surface area contributed by atoms with Gasteiger partial charge in [0.05, 0.1) is 12.4 Å². The van der Waals surface area contributed by atoms with Gasteiger partial charge in [-0.05, 0) is 24.0 Å². The summed E-state index contributed by atoms with van der Waals surface area (Å²) in [5, 5.41) is 17.3. The van der Waals surface area contributed by atoms with Crippen LogP contribution in [0.5, 0.6) is 0 Å². The lowest BCUT2D eigenvalue weighted by molar-refractivity contribution is -0.142. The zero-order chi connectivity index (χ0) is 26.5. The number of imidazole rings is 1. The third-order valence-electron chi connectivity index (χ3n) is 5.29. The highest BCUT2D eigenvalue weighted by atomic mass is 32.2. The molecule has 0 aliphatic carbocycles. The minimum atomic E-state index is -1.17. The Kier molecular flexibility index (Phi) is 12.3. The van der Waals surface area contributed by atoms with Gasteiger partial charge in [0.1, 0.15) is 18.1 Å². The van der Waals surface area contributed by atoms with E-state index in [-0.39, 0.29) is 25.0 Å². The first-order valence-electron chi connectivity index (χ1n) is 11.3. The van der Waals surface area contributed by atoms with Crippen molar-refractivity contribution in [2.24, 2.45) is 5.73 Å². The number of benzene rings is 1. The molecule has 4 atom stereocenters. The number of hydrogen-bond donors (Lipinski definition) is 7. The van der Waals surface area contributed by atoms with E-state index in [2.05, 4.69) is 38.5 Å². The maximum atomic E-state index is 13.3. The average Bonchev–Trinajstić information content (AvgIpc) is 3.38. The molecule has 1 aromatic heterocycles. The van der Waals surface area contributed by atoms with Crippen molar-refractivity contribution in [2.45, 2.75) is 43.4 Å². The minimum absolute atomic E-state index is 0.0363. The topological polar surface area (TPSA) is 179 Å². The Morgan fingerprint density at radius 3 is 2.19 bits per heavy atom. The standard InChI is InChI=1S/C23H32N6O5S2/c1-36-8-7-17(23(33)34)27-22(32)19(10-15-11-25-13-26-15)29-21(31)18(28-20(30)16(24)12-35)9-14-5-3-2-4-6-14/h2-6,11,13,16-19,35H,7-10,12,24H2,1H3,(H,25,26)(H,27,32)(H,28,30)(H,29,31)(H,33,34). The van der Waals surface area contributed by atoms with Gasteiger partial charge in [-0.3, -0.25) is 14.4 Å². The van der Waals surface area contributed by atoms with Crippen LogP contribution in [0.2, 0.25) is 0 Å². The minimum Gasteiger partial charge on any atom is -0.480 e. The molecule has 0 spiro atoms. The lowest BCUT2D eigenvalue weighted by Gasteiger charge is -2.25. The van der Waals surface area contributed by atoms with Crippen molar-refractivity contribution in [1.29, 1.82) is 0 Å². The summed E-state index contributed by atoms with van der Waals surface area (Å²) >= 11 is 5.49. The molecule has 4 unspecified atom stereocenters. The molecule has 0 radical (unpaired) electrons. The molecule has 1 heterocycles. The normalized spacial score (nSPS) is 14.2. The lowest BCUT2D eigenvalue weighted by Crippen LogP contribution is -2.58. The fourth-order valence-corrected chi connectivity index (χ4v) is 3.92. The first-order chi connectivity index (χ1) is 17.2. The summed E-state index contributed by atoms with van der Waals surface area (Å²) < 4.78 is 0. The van der Waals surface area contributed by atoms with Crippen LogP contribution in [-0.4, -0.2) is 80.7 Å². The number of aromatic nitrogens is 2. The highest BCUT2D eigenvalue weighted by Gasteiger charge is 2.30. The molecule has 0 saturated heterocycles. The summed E-state index contributed by atoms with van der Waals surface area (Å²) in [7, 11) is 0. The predicted molar refractivity (Wildman–Crippen MR) is 141 cm³/mol. The third-order valence-corrected chi connectivity index (χ3v) is 6.32. The van der Waals surface area contributed by atoms with Crippen molar-refractivity contribution >= 4 is 48.1 Å². The molecule has 13 heteroatoms. The van der Waals surface area contributed by atoms with Gasteiger partial charge in [-0.25, -0.2) is 9.78 Å². The first kappa shape index (κ1) is 29.2. The van der Waals surface area contributed by atoms with E-state index in [0.29, 0.717) is 11.4 Å². The molecule has 36 heavy (non-hydrogen) atoms. The van der Waals surface area contributed by atoms with Crippen LogP contribution in [0.25, 0.3) is 0 Å². The number of rotatable bonds is 15. The van der Waals surface area contributed by atoms with Crippen molar-refractivity contribution in [2.75, 3.05) is 17.8 Å². The SMILES string of the molecule is CSCCC(NC(=O)C(Cc1cnc[nH]1)NC(=O)C(Cc1ccccc1)NC(=O)C(N)CS)C(=O)O. The van der Waals surface area contributed by atoms with Crippen LogP contribution >= 0.6 is 24.4 Å². The molecular formula is C23H32N6O5S2. The van der Waals surface area contributed by atoms with Crippen molar-refractivity contribution in [3.8, 4) is 0 Å². The fourth-order valence-electron chi connectivity index (χ4n) is 3.28. The molecule has 1 aromatic carbocycles. The summed E-state index contributed by atoms with van der Waals surface area (Å²) in [6.45, 7) is 0. The summed E-state index contributed by atoms with van der Waals surface area (Å²) in [4.78, 5) is 57.3. The molecule has 11 nitrogen and oxygen atoms in total. The van der Waals surface area contributed by atoms with E-state index in [1.54, 1.807) is 12.1 Å². The Morgan fingerprint density at radius 1 is 1.03 bits per heavy atom. The van der Waals surface area contributed by atoms with Crippen LogP contribution in [-0.2, 0) is 32.0 Å². The molecule has 7 N–H and O–H groups in total. The number of aliphatic carboxylic acids is 1. The number of thiol groups is 1. The number of hydrogen-bond acceptors (Lipinski definition) is 8. The molecule has 196 valence electrons. The summed E-state index contributed by atoms with van der Waals surface area (Å²) in [5.74, 6) is -2.39. The molecule has 2 aromatic rings. The number of nitrogens with one attached hydrogen (secondary N) is 4. The van der Waals surface area contributed by atoms with E-state index in [1.807, 2.05) is 24.5 Å². The van der Waals surface area contributed by atoms with Gasteiger partial charge in [0.15, 0.2) is 0 Å². The number of carboxylic acids is 1. The Hall–Kier alpha value is -3.03. The van der Waals surface area contributed by atoms with Gasteiger partial charge in [-0.2, -0.15) is 24.4 Å². The number of amides is 3. The van der Waals surface area contributed by atoms with Gasteiger partial charge in [0, 0.05) is 30.5 Å². The van der Waals surface area contributed by atoms with Gasteiger partial charge >= 0.3 is 5.97 Å². The van der Waals surface area contributed by atoms with E-state index in [4.69, 9.17) is 5.73 Å². The molecule has 0 aliphatic rings. The number of carbonyl (C=O) groups excluding carboxylic acids is 3. The highest BCUT2D eigenvalue weighted by molar-refractivity contribution is 7.98. The number of carbonyl (C=O) groups is 4. The van der Waals surface area contributed by atoms with Crippen molar-refractivity contribution < 1.29 is 24.3 Å². The summed E-state index contributed by atoms with van der Waals surface area (Å²) in [6.07, 6.45) is 5.19. The first-order valence-corrected chi connectivity index (χ1v) is 13.3. The van der Waals surface area contributed by atoms with Crippen LogP contribution in [0.4, 0.5) is 0 Å². The van der Waals surface area contributed by atoms with Gasteiger partial charge in [-0.1, -0.05) is 30.3 Å². The van der Waals surface area contributed by atoms with Gasteiger partial charge in [-0.15, -0.1) is 0 Å². The molecule has 0 fully saturated rings. The Bertz CT molecular complexity index is 992. The smallest absolute Gasteiger partial charge is 0.326 e. The zero-order valence-electron chi connectivity index (χ0n) is 19.8. The Labute approximate surface area is 219 Å². The molecule has 3 amide bonds. The largest absolute Gasteiger partial charge is 0.480 e. The molecule has 0 aliphatic heterocycles. The van der Waals surface area contributed by atoms with Crippen LogP contribution in [0.15, 0.2) is 42.9 Å². The second kappa shape index (κ2) is 15.2. The van der Waals surface area contributed by atoms with Crippen LogP contribution < -0.4 is 21.7 Å². The maximum absolute atomic E-state index is 13.3. The Balaban J connectivity index is 2.24. The van der Waals surface area contributed by atoms with E-state index in [9.17, 15) is 24.3 Å². The highest BCUT2D eigenvalue weighted by Crippen LogP contribution is 2.07. The summed E-state index contributed by atoms with van der Waals surface area (Å²) in [6, 6.07) is 4.87.